The molecule has 0 bridgehead atoms. The normalized spacial score (nSPS) is 12.2. The van der Waals surface area contributed by atoms with Crippen LogP contribution in [0, 0.1) is 0 Å². The number of hydrogen-bond acceptors (Lipinski definition) is 1. The van der Waals surface area contributed by atoms with Crippen LogP contribution in [0.25, 0.3) is 0 Å². The Balaban J connectivity index is 3.43. The van der Waals surface area contributed by atoms with E-state index in [1.54, 1.807) is 13.8 Å². The van der Waals surface area contributed by atoms with Gasteiger partial charge in [0.2, 0.25) is 0 Å². The van der Waals surface area contributed by atoms with Crippen LogP contribution in [0.3, 0.4) is 0 Å². The molecule has 0 saturated heterocycles. The van der Waals surface area contributed by atoms with E-state index in [1.807, 2.05) is 0 Å². The van der Waals surface area contributed by atoms with E-state index in [0.29, 0.717) is 6.07 Å². The van der Waals surface area contributed by atoms with Crippen molar-refractivity contribution in [2.24, 2.45) is 0 Å². The minimum atomic E-state index is -4.49. The molecular formula is C9H9ClF3NO. The van der Waals surface area contributed by atoms with E-state index < -0.39 is 22.3 Å². The molecule has 0 saturated carbocycles. The van der Waals surface area contributed by atoms with Crippen LogP contribution < -0.4 is 5.56 Å². The lowest BCUT2D eigenvalue weighted by atomic mass is 10.2. The fourth-order valence-corrected chi connectivity index (χ4v) is 1.32. The van der Waals surface area contributed by atoms with Gasteiger partial charge in [-0.15, -0.1) is 0 Å². The van der Waals surface area contributed by atoms with Gasteiger partial charge in [-0.2, -0.15) is 13.2 Å². The molecule has 1 aromatic rings. The van der Waals surface area contributed by atoms with Crippen LogP contribution in [0.2, 0.25) is 5.02 Å². The largest absolute Gasteiger partial charge is 0.417 e. The van der Waals surface area contributed by atoms with Gasteiger partial charge < -0.3 is 4.57 Å². The molecule has 1 aromatic heterocycles. The molecule has 0 unspecified atom stereocenters. The summed E-state index contributed by atoms with van der Waals surface area (Å²) in [6, 6.07) is 0.278. The third-order valence-corrected chi connectivity index (χ3v) is 2.15. The first-order valence-corrected chi connectivity index (χ1v) is 4.60. The van der Waals surface area contributed by atoms with Crippen molar-refractivity contribution in [3.63, 3.8) is 0 Å². The van der Waals surface area contributed by atoms with E-state index >= 15 is 0 Å². The lowest BCUT2D eigenvalue weighted by Crippen LogP contribution is -2.24. The predicted octanol–water partition coefficient (Wildman–Crippen LogP) is 3.10. The number of nitrogens with zero attached hydrogens (tertiary/aromatic N) is 1. The first-order valence-electron chi connectivity index (χ1n) is 4.22. The highest BCUT2D eigenvalue weighted by molar-refractivity contribution is 6.30. The van der Waals surface area contributed by atoms with Crippen molar-refractivity contribution in [1.29, 1.82) is 0 Å². The Kier molecular flexibility index (Phi) is 3.13. The molecule has 0 spiro atoms. The van der Waals surface area contributed by atoms with Gasteiger partial charge in [-0.3, -0.25) is 4.79 Å². The number of hydrogen-bond donors (Lipinski definition) is 0. The maximum Gasteiger partial charge on any atom is 0.417 e. The lowest BCUT2D eigenvalue weighted by Gasteiger charge is -2.14. The van der Waals surface area contributed by atoms with E-state index in [-0.39, 0.29) is 6.04 Å². The van der Waals surface area contributed by atoms with Crippen molar-refractivity contribution in [3.8, 4) is 0 Å². The molecule has 2 nitrogen and oxygen atoms in total. The molecule has 0 amide bonds. The fraction of sp³-hybridized carbons (Fsp3) is 0.444. The molecule has 0 aliphatic heterocycles. The second-order valence-corrected chi connectivity index (χ2v) is 3.79. The molecule has 1 rings (SSSR count). The molecular weight excluding hydrogens is 231 g/mol. The monoisotopic (exact) mass is 239 g/mol. The van der Waals surface area contributed by atoms with Crippen molar-refractivity contribution in [1.82, 2.24) is 4.57 Å². The van der Waals surface area contributed by atoms with E-state index in [0.717, 1.165) is 10.8 Å². The highest BCUT2D eigenvalue weighted by atomic mass is 35.5. The zero-order chi connectivity index (χ0) is 11.8. The van der Waals surface area contributed by atoms with Gasteiger partial charge in [-0.05, 0) is 19.9 Å². The van der Waals surface area contributed by atoms with Crippen molar-refractivity contribution >= 4 is 11.6 Å². The van der Waals surface area contributed by atoms with Crippen LogP contribution in [0.1, 0.15) is 25.5 Å². The molecule has 1 heterocycles. The minimum Gasteiger partial charge on any atom is -0.311 e. The smallest absolute Gasteiger partial charge is 0.311 e. The Morgan fingerprint density at radius 1 is 1.40 bits per heavy atom. The Labute approximate surface area is 89.3 Å². The van der Waals surface area contributed by atoms with Crippen molar-refractivity contribution in [3.05, 3.63) is 33.2 Å². The lowest BCUT2D eigenvalue weighted by molar-refractivity contribution is -0.138. The van der Waals surface area contributed by atoms with Crippen LogP contribution in [0.4, 0.5) is 13.2 Å². The number of alkyl halides is 3. The SMILES string of the molecule is CC(C)n1cc(C(F)(F)F)cc(Cl)c1=O. The van der Waals surface area contributed by atoms with Crippen LogP contribution in [0.5, 0.6) is 0 Å². The third kappa shape index (κ3) is 2.53. The molecule has 15 heavy (non-hydrogen) atoms. The van der Waals surface area contributed by atoms with Crippen LogP contribution in [0.15, 0.2) is 17.1 Å². The van der Waals surface area contributed by atoms with Gasteiger partial charge in [0.05, 0.1) is 5.56 Å². The van der Waals surface area contributed by atoms with Gasteiger partial charge >= 0.3 is 6.18 Å². The average molecular weight is 240 g/mol. The molecule has 0 N–H and O–H groups in total. The molecule has 0 aromatic carbocycles. The van der Waals surface area contributed by atoms with Crippen LogP contribution in [-0.4, -0.2) is 4.57 Å². The third-order valence-electron chi connectivity index (χ3n) is 1.88. The summed E-state index contributed by atoms with van der Waals surface area (Å²) in [4.78, 5) is 11.4. The molecule has 0 aliphatic carbocycles. The molecule has 0 atom stereocenters. The van der Waals surface area contributed by atoms with Crippen LogP contribution >= 0.6 is 11.6 Å². The van der Waals surface area contributed by atoms with Gasteiger partial charge in [0, 0.05) is 12.2 Å². The van der Waals surface area contributed by atoms with E-state index in [4.69, 9.17) is 11.6 Å². The Morgan fingerprint density at radius 3 is 2.33 bits per heavy atom. The quantitative estimate of drug-likeness (QED) is 0.738. The predicted molar refractivity (Wildman–Crippen MR) is 51.1 cm³/mol. The van der Waals surface area contributed by atoms with Crippen LogP contribution in [-0.2, 0) is 6.18 Å². The molecule has 0 fully saturated rings. The number of pyridine rings is 1. The van der Waals surface area contributed by atoms with Gasteiger partial charge in [0.15, 0.2) is 0 Å². The number of halogens is 4. The van der Waals surface area contributed by atoms with Gasteiger partial charge in [-0.25, -0.2) is 0 Å². The Hall–Kier alpha value is -0.970. The maximum absolute atomic E-state index is 12.4. The summed E-state index contributed by atoms with van der Waals surface area (Å²) in [6.07, 6.45) is -3.72. The second-order valence-electron chi connectivity index (χ2n) is 3.38. The highest BCUT2D eigenvalue weighted by Gasteiger charge is 2.32. The highest BCUT2D eigenvalue weighted by Crippen LogP contribution is 2.30. The number of rotatable bonds is 1. The summed E-state index contributed by atoms with van der Waals surface area (Å²) >= 11 is 5.44. The van der Waals surface area contributed by atoms with Crippen molar-refractivity contribution in [2.75, 3.05) is 0 Å². The molecule has 0 radical (unpaired) electrons. The standard InChI is InChI=1S/C9H9ClF3NO/c1-5(2)14-4-6(9(11,12)13)3-7(10)8(14)15/h3-5H,1-2H3. The second kappa shape index (κ2) is 3.89. The zero-order valence-electron chi connectivity index (χ0n) is 8.10. The van der Waals surface area contributed by atoms with Gasteiger partial charge in [0.25, 0.3) is 5.56 Å². The minimum absolute atomic E-state index is 0.364. The molecule has 84 valence electrons. The first kappa shape index (κ1) is 12.1. The number of aromatic nitrogens is 1. The Bertz CT molecular complexity index is 422. The first-order chi connectivity index (χ1) is 6.73. The maximum atomic E-state index is 12.4. The fourth-order valence-electron chi connectivity index (χ4n) is 1.11. The van der Waals surface area contributed by atoms with Crippen molar-refractivity contribution < 1.29 is 13.2 Å². The summed E-state index contributed by atoms with van der Waals surface area (Å²) in [6.45, 7) is 3.22. The average Bonchev–Trinajstić information content (AvgIpc) is 2.06. The molecule has 0 aliphatic rings. The van der Waals surface area contributed by atoms with Crippen molar-refractivity contribution in [2.45, 2.75) is 26.1 Å². The summed E-state index contributed by atoms with van der Waals surface area (Å²) in [5.41, 5.74) is -1.53. The summed E-state index contributed by atoms with van der Waals surface area (Å²) in [5.74, 6) is 0. The van der Waals surface area contributed by atoms with Gasteiger partial charge in [0.1, 0.15) is 5.02 Å². The van der Waals surface area contributed by atoms with E-state index in [2.05, 4.69) is 0 Å². The topological polar surface area (TPSA) is 22.0 Å². The zero-order valence-corrected chi connectivity index (χ0v) is 8.86. The summed E-state index contributed by atoms with van der Waals surface area (Å²) < 4.78 is 38.1. The Morgan fingerprint density at radius 2 is 1.93 bits per heavy atom. The summed E-state index contributed by atoms with van der Waals surface area (Å²) in [7, 11) is 0. The van der Waals surface area contributed by atoms with E-state index in [1.165, 1.54) is 0 Å². The van der Waals surface area contributed by atoms with E-state index in [9.17, 15) is 18.0 Å². The summed E-state index contributed by atoms with van der Waals surface area (Å²) in [5, 5.41) is -0.418. The molecule has 6 heteroatoms. The van der Waals surface area contributed by atoms with Gasteiger partial charge in [-0.1, -0.05) is 11.6 Å².